The van der Waals surface area contributed by atoms with Gasteiger partial charge in [-0.05, 0) is 0 Å². The maximum absolute atomic E-state index is 1.50. The number of hydrogen-bond acceptors (Lipinski definition) is 0. The molecule has 8 saturated carbocycles. The molecule has 0 radical (unpaired) electrons. The quantitative estimate of drug-likeness (QED) is 0.240. The fourth-order valence-corrected chi connectivity index (χ4v) is 2.00. The zero-order chi connectivity index (χ0) is 22.6. The van der Waals surface area contributed by atoms with Crippen molar-refractivity contribution in [3.05, 3.63) is 0 Å². The summed E-state index contributed by atoms with van der Waals surface area (Å²) in [7, 11) is 0. The highest BCUT2D eigenvalue weighted by molar-refractivity contribution is 4.53. The van der Waals surface area contributed by atoms with Gasteiger partial charge < -0.3 is 0 Å². The number of halogens is 8. The lowest BCUT2D eigenvalue weighted by atomic mass is 10.0. The summed E-state index contributed by atoms with van der Waals surface area (Å²) in [5, 5.41) is 0. The van der Waals surface area contributed by atoms with E-state index in [-0.39, 0.29) is 37.6 Å². The summed E-state index contributed by atoms with van der Waals surface area (Å²) in [6.45, 7) is 0. The average Bonchev–Trinajstić information content (AvgIpc) is 2.16. The third-order valence-corrected chi connectivity index (χ3v) is 8.00. The fraction of sp³-hybridized carbons (Fsp3) is 1.00. The van der Waals surface area contributed by atoms with Gasteiger partial charge in [0.05, 0.1) is 0 Å². The SMILES string of the molecule is C1CCC1.C1CCC1.C1CCC1.C1CCC1.C1CCC1.C1CCC1.C1CCC1.C1CCC1.F.F.F.F.F.F.F.F. The minimum atomic E-state index is 0. The molecule has 8 heteroatoms. The van der Waals surface area contributed by atoms with Gasteiger partial charge in [-0.25, -0.2) is 0 Å². The minimum Gasteiger partial charge on any atom is -0.269 e. The molecule has 0 amide bonds. The summed E-state index contributed by atoms with van der Waals surface area (Å²) in [5.74, 6) is 0. The topological polar surface area (TPSA) is 0 Å². The molecule has 0 atom stereocenters. The maximum Gasteiger partial charge on any atom is -0.0533 e. The maximum atomic E-state index is 1.50. The largest absolute Gasteiger partial charge is 0.269 e. The molecule has 0 heterocycles. The molecule has 0 N–H and O–H groups in total. The normalized spacial score (nSPS) is 19.2. The number of hydrogen-bond donors (Lipinski definition) is 0. The van der Waals surface area contributed by atoms with Gasteiger partial charge in [-0.15, -0.1) is 0 Å². The predicted molar refractivity (Wildman–Crippen MR) is 168 cm³/mol. The van der Waals surface area contributed by atoms with Gasteiger partial charge in [0, 0.05) is 0 Å². The Kier molecular flexibility index (Phi) is 80.3. The summed E-state index contributed by atoms with van der Waals surface area (Å²) < 4.78 is 0. The van der Waals surface area contributed by atoms with E-state index in [4.69, 9.17) is 0 Å². The standard InChI is InChI=1S/8C4H8.8FH/c8*1-2-4-3-1;;;;;;;;/h8*1-4H2;8*1H. The van der Waals surface area contributed by atoms with Gasteiger partial charge in [0.1, 0.15) is 0 Å². The van der Waals surface area contributed by atoms with Crippen LogP contribution >= 0.6 is 0 Å². The molecule has 0 aromatic carbocycles. The van der Waals surface area contributed by atoms with Crippen molar-refractivity contribution in [2.75, 3.05) is 0 Å². The van der Waals surface area contributed by atoms with Crippen LogP contribution in [-0.2, 0) is 0 Å². The van der Waals surface area contributed by atoms with Crippen LogP contribution in [0.25, 0.3) is 0 Å². The average molecular weight is 609 g/mol. The van der Waals surface area contributed by atoms with Crippen molar-refractivity contribution < 1.29 is 37.6 Å². The molecular weight excluding hydrogens is 536 g/mol. The van der Waals surface area contributed by atoms with Crippen molar-refractivity contribution >= 4 is 0 Å². The molecular formula is C32H72F8. The van der Waals surface area contributed by atoms with Crippen molar-refractivity contribution in [3.63, 3.8) is 0 Å². The van der Waals surface area contributed by atoms with E-state index in [2.05, 4.69) is 0 Å². The van der Waals surface area contributed by atoms with Gasteiger partial charge in [0.2, 0.25) is 0 Å². The van der Waals surface area contributed by atoms with Crippen LogP contribution in [0.5, 0.6) is 0 Å². The van der Waals surface area contributed by atoms with Gasteiger partial charge in [0.15, 0.2) is 0 Å². The van der Waals surface area contributed by atoms with E-state index in [1.807, 2.05) is 0 Å². The van der Waals surface area contributed by atoms with Gasteiger partial charge in [-0.3, -0.25) is 37.6 Å². The third kappa shape index (κ3) is 50.3. The molecule has 0 nitrogen and oxygen atoms in total. The van der Waals surface area contributed by atoms with Crippen molar-refractivity contribution in [3.8, 4) is 0 Å². The Morgan fingerprint density at radius 1 is 0.0750 bits per heavy atom. The monoisotopic (exact) mass is 609 g/mol. The molecule has 0 aliphatic heterocycles. The van der Waals surface area contributed by atoms with Crippen LogP contribution in [0.3, 0.4) is 0 Å². The van der Waals surface area contributed by atoms with E-state index in [0.717, 1.165) is 0 Å². The van der Waals surface area contributed by atoms with Crippen LogP contribution in [0.2, 0.25) is 0 Å². The first-order valence-corrected chi connectivity index (χ1v) is 16.0. The first-order chi connectivity index (χ1) is 16.0. The van der Waals surface area contributed by atoms with Gasteiger partial charge in [-0.2, -0.15) is 0 Å². The Morgan fingerprint density at radius 3 is 0.100 bits per heavy atom. The second-order valence-electron chi connectivity index (χ2n) is 11.3. The zero-order valence-corrected chi connectivity index (χ0v) is 25.9. The van der Waals surface area contributed by atoms with Gasteiger partial charge in [0.25, 0.3) is 0 Å². The predicted octanol–water partition coefficient (Wildman–Crippen LogP) is 13.7. The Labute approximate surface area is 243 Å². The van der Waals surface area contributed by atoms with Gasteiger partial charge >= 0.3 is 0 Å². The molecule has 8 rings (SSSR count). The molecule has 0 spiro atoms. The van der Waals surface area contributed by atoms with E-state index >= 15 is 0 Å². The van der Waals surface area contributed by atoms with Crippen molar-refractivity contribution in [1.82, 2.24) is 0 Å². The van der Waals surface area contributed by atoms with E-state index in [0.29, 0.717) is 0 Å². The summed E-state index contributed by atoms with van der Waals surface area (Å²) in [6.07, 6.45) is 48.0. The van der Waals surface area contributed by atoms with Crippen LogP contribution in [0.1, 0.15) is 205 Å². The highest BCUT2D eigenvalue weighted by Gasteiger charge is 1.98. The molecule has 0 aromatic rings. The Hall–Kier alpha value is -0.560. The molecule has 0 bridgehead atoms. The molecule has 8 aliphatic rings. The smallest absolute Gasteiger partial charge is 0.0533 e. The van der Waals surface area contributed by atoms with Crippen molar-refractivity contribution in [2.24, 2.45) is 0 Å². The first kappa shape index (κ1) is 59.0. The molecule has 0 saturated heterocycles. The highest BCUT2D eigenvalue weighted by Crippen LogP contribution is 2.17. The second kappa shape index (κ2) is 54.5. The summed E-state index contributed by atoms with van der Waals surface area (Å²) in [4.78, 5) is 0. The van der Waals surface area contributed by atoms with Crippen molar-refractivity contribution in [1.29, 1.82) is 0 Å². The number of rotatable bonds is 0. The van der Waals surface area contributed by atoms with Crippen LogP contribution in [-0.4, -0.2) is 0 Å². The van der Waals surface area contributed by atoms with Crippen LogP contribution in [0.4, 0.5) is 37.6 Å². The Bertz CT molecular complexity index is 189. The van der Waals surface area contributed by atoms with E-state index < -0.39 is 0 Å². The van der Waals surface area contributed by atoms with Gasteiger partial charge in [-0.1, -0.05) is 205 Å². The highest BCUT2D eigenvalue weighted by atomic mass is 19.0. The molecule has 256 valence electrons. The first-order valence-electron chi connectivity index (χ1n) is 16.0. The lowest BCUT2D eigenvalue weighted by molar-refractivity contribution is 0.504. The van der Waals surface area contributed by atoms with Crippen LogP contribution in [0.15, 0.2) is 0 Å². The molecule has 0 unspecified atom stereocenters. The summed E-state index contributed by atoms with van der Waals surface area (Å²) in [5.41, 5.74) is 0. The Morgan fingerprint density at radius 2 is 0.100 bits per heavy atom. The third-order valence-electron chi connectivity index (χ3n) is 8.00. The second-order valence-corrected chi connectivity index (χ2v) is 11.3. The Balaban J connectivity index is -0.0000000474. The summed E-state index contributed by atoms with van der Waals surface area (Å²) in [6, 6.07) is 0. The lowest BCUT2D eigenvalue weighted by Gasteiger charge is -2.05. The van der Waals surface area contributed by atoms with Crippen LogP contribution < -0.4 is 0 Å². The van der Waals surface area contributed by atoms with E-state index in [9.17, 15) is 0 Å². The molecule has 8 fully saturated rings. The van der Waals surface area contributed by atoms with Crippen molar-refractivity contribution in [2.45, 2.75) is 205 Å². The minimum absolute atomic E-state index is 0. The van der Waals surface area contributed by atoms with E-state index in [1.165, 1.54) is 205 Å². The molecule has 0 aromatic heterocycles. The molecule has 8 aliphatic carbocycles. The fourth-order valence-electron chi connectivity index (χ4n) is 2.00. The molecule has 40 heavy (non-hydrogen) atoms. The lowest BCUT2D eigenvalue weighted by Crippen LogP contribution is -1.85. The van der Waals surface area contributed by atoms with E-state index in [1.54, 1.807) is 0 Å². The van der Waals surface area contributed by atoms with Crippen LogP contribution in [0, 0.1) is 0 Å². The summed E-state index contributed by atoms with van der Waals surface area (Å²) >= 11 is 0. The zero-order valence-electron chi connectivity index (χ0n) is 25.9.